The number of carbonyl (C=O) groups excluding carboxylic acids is 2. The van der Waals surface area contributed by atoms with E-state index in [1.807, 2.05) is 36.1 Å². The molecule has 1 aromatic rings. The third-order valence-electron chi connectivity index (χ3n) is 4.07. The number of ketones is 1. The van der Waals surface area contributed by atoms with Crippen molar-refractivity contribution in [1.82, 2.24) is 10.2 Å². The molecule has 1 N–H and O–H groups in total. The van der Waals surface area contributed by atoms with E-state index in [4.69, 9.17) is 0 Å². The Labute approximate surface area is 126 Å². The lowest BCUT2D eigenvalue weighted by Crippen LogP contribution is -2.44. The van der Waals surface area contributed by atoms with Gasteiger partial charge < -0.3 is 10.2 Å². The zero-order valence-electron chi connectivity index (χ0n) is 12.9. The van der Waals surface area contributed by atoms with Crippen molar-refractivity contribution in [3.63, 3.8) is 0 Å². The van der Waals surface area contributed by atoms with Gasteiger partial charge in [0, 0.05) is 31.6 Å². The topological polar surface area (TPSA) is 49.4 Å². The molecule has 1 saturated heterocycles. The summed E-state index contributed by atoms with van der Waals surface area (Å²) in [4.78, 5) is 25.8. The van der Waals surface area contributed by atoms with E-state index in [9.17, 15) is 9.59 Å². The van der Waals surface area contributed by atoms with Crippen LogP contribution in [0.25, 0.3) is 0 Å². The van der Waals surface area contributed by atoms with Crippen LogP contribution in [-0.2, 0) is 0 Å². The van der Waals surface area contributed by atoms with Crippen LogP contribution in [0.1, 0.15) is 42.1 Å². The lowest BCUT2D eigenvalue weighted by atomic mass is 10.00. The fourth-order valence-electron chi connectivity index (χ4n) is 2.49. The van der Waals surface area contributed by atoms with Gasteiger partial charge in [0.1, 0.15) is 0 Å². The molecule has 1 aromatic carbocycles. The number of hydrogen-bond acceptors (Lipinski definition) is 2. The van der Waals surface area contributed by atoms with Gasteiger partial charge in [-0.15, -0.1) is 0 Å². The largest absolute Gasteiger partial charge is 0.338 e. The minimum Gasteiger partial charge on any atom is -0.338 e. The Hall–Kier alpha value is -1.84. The van der Waals surface area contributed by atoms with Crippen LogP contribution in [0.3, 0.4) is 0 Å². The molecule has 0 atom stereocenters. The van der Waals surface area contributed by atoms with E-state index in [-0.39, 0.29) is 11.8 Å². The molecule has 1 heterocycles. The maximum absolute atomic E-state index is 12.0. The molecule has 21 heavy (non-hydrogen) atoms. The number of urea groups is 1. The van der Waals surface area contributed by atoms with Crippen molar-refractivity contribution in [3.8, 4) is 0 Å². The van der Waals surface area contributed by atoms with E-state index >= 15 is 0 Å². The van der Waals surface area contributed by atoms with Crippen molar-refractivity contribution in [3.05, 3.63) is 35.4 Å². The fourth-order valence-corrected chi connectivity index (χ4v) is 2.49. The first-order valence-electron chi connectivity index (χ1n) is 7.69. The third kappa shape index (κ3) is 4.59. The summed E-state index contributed by atoms with van der Waals surface area (Å²) in [6, 6.07) is 7.50. The quantitative estimate of drug-likeness (QED) is 0.866. The van der Waals surface area contributed by atoms with E-state index < -0.39 is 0 Å². The van der Waals surface area contributed by atoms with E-state index in [1.54, 1.807) is 0 Å². The van der Waals surface area contributed by atoms with Crippen LogP contribution in [0, 0.1) is 12.8 Å². The van der Waals surface area contributed by atoms with Crippen molar-refractivity contribution >= 4 is 11.8 Å². The highest BCUT2D eigenvalue weighted by Crippen LogP contribution is 2.15. The molecule has 1 aliphatic heterocycles. The first-order valence-corrected chi connectivity index (χ1v) is 7.69. The first-order chi connectivity index (χ1) is 10.1. The molecule has 2 rings (SSSR count). The van der Waals surface area contributed by atoms with Gasteiger partial charge in [0.25, 0.3) is 0 Å². The average Bonchev–Trinajstić information content (AvgIpc) is 2.48. The van der Waals surface area contributed by atoms with Gasteiger partial charge in [0.2, 0.25) is 0 Å². The second-order valence-corrected chi connectivity index (χ2v) is 5.94. The standard InChI is InChI=1S/C17H24N2O2/c1-13-3-5-15(6-4-13)16(20)7-10-18-17(21)19-11-8-14(2)9-12-19/h3-6,14H,7-12H2,1-2H3,(H,18,21). The van der Waals surface area contributed by atoms with Gasteiger partial charge in [-0.3, -0.25) is 4.79 Å². The number of aryl methyl sites for hydroxylation is 1. The van der Waals surface area contributed by atoms with Crippen molar-refractivity contribution in [1.29, 1.82) is 0 Å². The summed E-state index contributed by atoms with van der Waals surface area (Å²) in [5, 5.41) is 2.85. The smallest absolute Gasteiger partial charge is 0.317 e. The minimum absolute atomic E-state index is 0.0430. The highest BCUT2D eigenvalue weighted by atomic mass is 16.2. The lowest BCUT2D eigenvalue weighted by Gasteiger charge is -2.30. The molecule has 0 aromatic heterocycles. The molecular weight excluding hydrogens is 264 g/mol. The number of rotatable bonds is 4. The number of nitrogens with zero attached hydrogens (tertiary/aromatic N) is 1. The van der Waals surface area contributed by atoms with Crippen molar-refractivity contribution < 1.29 is 9.59 Å². The Kier molecular flexibility index (Phi) is 5.37. The number of piperidine rings is 1. The van der Waals surface area contributed by atoms with Crippen molar-refractivity contribution in [2.24, 2.45) is 5.92 Å². The van der Waals surface area contributed by atoms with Crippen LogP contribution in [-0.4, -0.2) is 36.3 Å². The summed E-state index contributed by atoms with van der Waals surface area (Å²) >= 11 is 0. The highest BCUT2D eigenvalue weighted by Gasteiger charge is 2.19. The van der Waals surface area contributed by atoms with Crippen LogP contribution in [0.5, 0.6) is 0 Å². The van der Waals surface area contributed by atoms with Crippen molar-refractivity contribution in [2.45, 2.75) is 33.1 Å². The molecule has 4 nitrogen and oxygen atoms in total. The van der Waals surface area contributed by atoms with Crippen LogP contribution < -0.4 is 5.32 Å². The molecule has 0 bridgehead atoms. The number of amides is 2. The minimum atomic E-state index is -0.0430. The summed E-state index contributed by atoms with van der Waals surface area (Å²) in [7, 11) is 0. The Morgan fingerprint density at radius 3 is 2.43 bits per heavy atom. The zero-order valence-corrected chi connectivity index (χ0v) is 12.9. The lowest BCUT2D eigenvalue weighted by molar-refractivity contribution is 0.0982. The number of hydrogen-bond donors (Lipinski definition) is 1. The summed E-state index contributed by atoms with van der Waals surface area (Å²) in [5.74, 6) is 0.778. The summed E-state index contributed by atoms with van der Waals surface area (Å²) < 4.78 is 0. The second kappa shape index (κ2) is 7.25. The molecule has 114 valence electrons. The van der Waals surface area contributed by atoms with Gasteiger partial charge in [-0.1, -0.05) is 36.8 Å². The van der Waals surface area contributed by atoms with Gasteiger partial charge in [0.05, 0.1) is 0 Å². The fraction of sp³-hybridized carbons (Fsp3) is 0.529. The number of carbonyl (C=O) groups is 2. The summed E-state index contributed by atoms with van der Waals surface area (Å²) in [6.07, 6.45) is 2.48. The Morgan fingerprint density at radius 2 is 1.81 bits per heavy atom. The molecule has 0 saturated carbocycles. The summed E-state index contributed by atoms with van der Waals surface area (Å²) in [5.41, 5.74) is 1.85. The van der Waals surface area contributed by atoms with Gasteiger partial charge in [-0.05, 0) is 25.7 Å². The van der Waals surface area contributed by atoms with Gasteiger partial charge >= 0.3 is 6.03 Å². The molecule has 0 radical (unpaired) electrons. The Morgan fingerprint density at radius 1 is 1.19 bits per heavy atom. The molecule has 0 unspecified atom stereocenters. The SMILES string of the molecule is Cc1ccc(C(=O)CCNC(=O)N2CCC(C)CC2)cc1. The number of benzene rings is 1. The predicted molar refractivity (Wildman–Crippen MR) is 83.5 cm³/mol. The highest BCUT2D eigenvalue weighted by molar-refractivity contribution is 5.96. The van der Waals surface area contributed by atoms with Crippen LogP contribution >= 0.6 is 0 Å². The molecular formula is C17H24N2O2. The normalized spacial score (nSPS) is 15.8. The maximum atomic E-state index is 12.0. The number of nitrogens with one attached hydrogen (secondary N) is 1. The van der Waals surface area contributed by atoms with E-state index in [0.29, 0.717) is 24.4 Å². The van der Waals surface area contributed by atoms with E-state index in [2.05, 4.69) is 12.2 Å². The molecule has 0 aliphatic carbocycles. The average molecular weight is 288 g/mol. The predicted octanol–water partition coefficient (Wildman–Crippen LogP) is 3.01. The van der Waals surface area contributed by atoms with Crippen LogP contribution in [0.4, 0.5) is 4.79 Å². The van der Waals surface area contributed by atoms with Crippen LogP contribution in [0.15, 0.2) is 24.3 Å². The molecule has 1 fully saturated rings. The molecule has 2 amide bonds. The zero-order chi connectivity index (χ0) is 15.2. The van der Waals surface area contributed by atoms with E-state index in [1.165, 1.54) is 0 Å². The molecule has 1 aliphatic rings. The third-order valence-corrected chi connectivity index (χ3v) is 4.07. The Bertz CT molecular complexity index is 488. The van der Waals surface area contributed by atoms with Gasteiger partial charge in [0.15, 0.2) is 5.78 Å². The van der Waals surface area contributed by atoms with Gasteiger partial charge in [-0.2, -0.15) is 0 Å². The second-order valence-electron chi connectivity index (χ2n) is 5.94. The first kappa shape index (κ1) is 15.5. The monoisotopic (exact) mass is 288 g/mol. The Balaban J connectivity index is 1.72. The van der Waals surface area contributed by atoms with Crippen molar-refractivity contribution in [2.75, 3.05) is 19.6 Å². The van der Waals surface area contributed by atoms with E-state index in [0.717, 1.165) is 31.5 Å². The van der Waals surface area contributed by atoms with Gasteiger partial charge in [-0.25, -0.2) is 4.79 Å². The maximum Gasteiger partial charge on any atom is 0.317 e. The molecule has 0 spiro atoms. The number of likely N-dealkylation sites (tertiary alicyclic amines) is 1. The summed E-state index contributed by atoms with van der Waals surface area (Å²) in [6.45, 7) is 6.25. The van der Waals surface area contributed by atoms with Crippen LogP contribution in [0.2, 0.25) is 0 Å². The number of Topliss-reactive ketones (excluding diaryl/α,β-unsaturated/α-hetero) is 1. The molecule has 4 heteroatoms.